The van der Waals surface area contributed by atoms with Gasteiger partial charge in [0, 0.05) is 10.9 Å². The highest BCUT2D eigenvalue weighted by Crippen LogP contribution is 2.67. The van der Waals surface area contributed by atoms with Gasteiger partial charge in [-0.3, -0.25) is 0 Å². The van der Waals surface area contributed by atoms with Gasteiger partial charge >= 0.3 is 0 Å². The van der Waals surface area contributed by atoms with Gasteiger partial charge in [-0.15, -0.1) is 0 Å². The maximum atomic E-state index is 5.07. The van der Waals surface area contributed by atoms with E-state index in [1.165, 1.54) is 89.0 Å². The van der Waals surface area contributed by atoms with E-state index in [4.69, 9.17) is 4.98 Å². The van der Waals surface area contributed by atoms with Gasteiger partial charge in [0.1, 0.15) is 0 Å². The molecule has 0 saturated heterocycles. The Labute approximate surface area is 350 Å². The average Bonchev–Trinajstić information content (AvgIpc) is 3.79. The predicted molar refractivity (Wildman–Crippen MR) is 246 cm³/mol. The van der Waals surface area contributed by atoms with Crippen LogP contribution in [0.1, 0.15) is 44.5 Å². The highest BCUT2D eigenvalue weighted by atomic mass is 14.7. The highest BCUT2D eigenvalue weighted by molar-refractivity contribution is 5.97. The first-order valence-electron chi connectivity index (χ1n) is 21.0. The molecule has 0 fully saturated rings. The minimum atomic E-state index is -0.513. The van der Waals surface area contributed by atoms with E-state index in [1.54, 1.807) is 0 Å². The first-order valence-corrected chi connectivity index (χ1v) is 21.0. The first-order chi connectivity index (χ1) is 29.8. The van der Waals surface area contributed by atoms with Crippen LogP contribution >= 0.6 is 0 Å². The highest BCUT2D eigenvalue weighted by Gasteiger charge is 2.58. The second-order valence-corrected chi connectivity index (χ2v) is 16.5. The zero-order chi connectivity index (χ0) is 39.4. The van der Waals surface area contributed by atoms with E-state index in [-0.39, 0.29) is 0 Å². The van der Waals surface area contributed by atoms with Crippen molar-refractivity contribution in [2.45, 2.75) is 10.8 Å². The minimum absolute atomic E-state index is 0.447. The lowest BCUT2D eigenvalue weighted by Crippen LogP contribution is -2.43. The van der Waals surface area contributed by atoms with Crippen molar-refractivity contribution in [3.8, 4) is 55.8 Å². The van der Waals surface area contributed by atoms with Gasteiger partial charge in [-0.05, 0) is 107 Å². The number of benzene rings is 9. The van der Waals surface area contributed by atoms with E-state index < -0.39 is 10.8 Å². The van der Waals surface area contributed by atoms with Crippen molar-refractivity contribution < 1.29 is 0 Å². The van der Waals surface area contributed by atoms with Gasteiger partial charge in [0.15, 0.2) is 0 Å². The number of nitrogens with zero attached hydrogens (tertiary/aromatic N) is 1. The molecule has 0 N–H and O–H groups in total. The van der Waals surface area contributed by atoms with Gasteiger partial charge in [0.25, 0.3) is 0 Å². The van der Waals surface area contributed by atoms with Gasteiger partial charge in [0.05, 0.1) is 22.0 Å². The molecule has 13 rings (SSSR count). The molecule has 1 nitrogen and oxygen atoms in total. The van der Waals surface area contributed by atoms with Crippen LogP contribution in [0.2, 0.25) is 0 Å². The Balaban J connectivity index is 0.997. The van der Waals surface area contributed by atoms with Crippen molar-refractivity contribution in [3.05, 3.63) is 269 Å². The Bertz CT molecular complexity index is 3280. The molecule has 10 aromatic rings. The van der Waals surface area contributed by atoms with Gasteiger partial charge in [0.2, 0.25) is 0 Å². The Morgan fingerprint density at radius 1 is 0.250 bits per heavy atom. The molecule has 1 heterocycles. The van der Waals surface area contributed by atoms with E-state index >= 15 is 0 Å². The molecule has 60 heavy (non-hydrogen) atoms. The molecule has 0 saturated carbocycles. The third kappa shape index (κ3) is 4.28. The normalized spacial score (nSPS) is 14.3. The third-order valence-electron chi connectivity index (χ3n) is 13.8. The second-order valence-electron chi connectivity index (χ2n) is 16.5. The molecule has 0 aliphatic heterocycles. The molecule has 0 atom stereocenters. The standard InChI is InChI=1S/C59H37N/c1-2-15-40(16-3-1)56-36-35-47-42(20-14-28-57(47)60-56)39-31-29-38(30-32-39)41-33-34-46-45-19-6-9-23-50(45)59(55(46)37-41)53-26-12-10-24-51(53)58(52-25-11-13-27-54(52)59)48-21-7-4-17-43(48)44-18-5-8-22-49(44)58/h1-37H. The van der Waals surface area contributed by atoms with Crippen LogP contribution in [-0.4, -0.2) is 4.98 Å². The topological polar surface area (TPSA) is 12.9 Å². The number of fused-ring (bicyclic) bond motifs is 17. The van der Waals surface area contributed by atoms with E-state index in [9.17, 15) is 0 Å². The number of rotatable bonds is 3. The largest absolute Gasteiger partial charge is 0.248 e. The molecule has 0 radical (unpaired) electrons. The molecular weight excluding hydrogens is 723 g/mol. The van der Waals surface area contributed by atoms with Crippen LogP contribution in [-0.2, 0) is 10.8 Å². The smallest absolute Gasteiger partial charge is 0.0720 e. The minimum Gasteiger partial charge on any atom is -0.248 e. The lowest BCUT2D eigenvalue weighted by atomic mass is 9.52. The van der Waals surface area contributed by atoms with Crippen molar-refractivity contribution in [1.29, 1.82) is 0 Å². The van der Waals surface area contributed by atoms with E-state index in [2.05, 4.69) is 218 Å². The van der Waals surface area contributed by atoms with Crippen LogP contribution < -0.4 is 0 Å². The molecule has 2 spiro atoms. The summed E-state index contributed by atoms with van der Waals surface area (Å²) in [5, 5.41) is 1.15. The summed E-state index contributed by atoms with van der Waals surface area (Å²) in [6, 6.07) is 83.6. The van der Waals surface area contributed by atoms with Crippen LogP contribution in [0, 0.1) is 0 Å². The van der Waals surface area contributed by atoms with Crippen molar-refractivity contribution in [3.63, 3.8) is 0 Å². The van der Waals surface area contributed by atoms with E-state index in [1.807, 2.05) is 6.07 Å². The number of hydrogen-bond acceptors (Lipinski definition) is 1. The molecule has 0 amide bonds. The molecule has 9 aromatic carbocycles. The fraction of sp³-hybridized carbons (Fsp3) is 0.0339. The van der Waals surface area contributed by atoms with E-state index in [0.29, 0.717) is 0 Å². The average molecular weight is 760 g/mol. The molecule has 1 heteroatoms. The quantitative estimate of drug-likeness (QED) is 0.175. The fourth-order valence-corrected chi connectivity index (χ4v) is 11.4. The van der Waals surface area contributed by atoms with Gasteiger partial charge in [-0.25, -0.2) is 4.98 Å². The SMILES string of the molecule is c1ccc(-c2ccc3c(-c4ccc(-c5ccc6c(c5)C5(c7ccccc7-6)c6ccccc6C6(c7ccccc7-c7ccccc76)c6ccccc65)cc4)cccc3n2)cc1. The summed E-state index contributed by atoms with van der Waals surface area (Å²) in [4.78, 5) is 5.07. The van der Waals surface area contributed by atoms with Crippen LogP contribution in [0.15, 0.2) is 224 Å². The lowest BCUT2D eigenvalue weighted by molar-refractivity contribution is 0.633. The van der Waals surface area contributed by atoms with Crippen molar-refractivity contribution >= 4 is 10.9 Å². The lowest BCUT2D eigenvalue weighted by Gasteiger charge is -2.48. The maximum Gasteiger partial charge on any atom is 0.0720 e. The summed E-state index contributed by atoms with van der Waals surface area (Å²) in [6.07, 6.45) is 0. The van der Waals surface area contributed by atoms with Crippen molar-refractivity contribution in [1.82, 2.24) is 4.98 Å². The Hall–Kier alpha value is -7.61. The fourth-order valence-electron chi connectivity index (χ4n) is 11.4. The van der Waals surface area contributed by atoms with Gasteiger partial charge in [-0.1, -0.05) is 206 Å². The molecule has 1 aromatic heterocycles. The van der Waals surface area contributed by atoms with Crippen LogP contribution in [0.5, 0.6) is 0 Å². The summed E-state index contributed by atoms with van der Waals surface area (Å²) in [7, 11) is 0. The molecule has 3 aliphatic rings. The summed E-state index contributed by atoms with van der Waals surface area (Å²) in [5.41, 5.74) is 23.0. The summed E-state index contributed by atoms with van der Waals surface area (Å²) >= 11 is 0. The monoisotopic (exact) mass is 759 g/mol. The zero-order valence-corrected chi connectivity index (χ0v) is 32.8. The van der Waals surface area contributed by atoms with Crippen LogP contribution in [0.3, 0.4) is 0 Å². The molecule has 3 aliphatic carbocycles. The Morgan fingerprint density at radius 2 is 0.683 bits per heavy atom. The molecule has 278 valence electrons. The number of pyridine rings is 1. The summed E-state index contributed by atoms with van der Waals surface area (Å²) in [5.74, 6) is 0. The Kier molecular flexibility index (Phi) is 6.92. The summed E-state index contributed by atoms with van der Waals surface area (Å²) in [6.45, 7) is 0. The third-order valence-corrected chi connectivity index (χ3v) is 13.8. The van der Waals surface area contributed by atoms with E-state index in [0.717, 1.165) is 22.2 Å². The Morgan fingerprint density at radius 3 is 1.25 bits per heavy atom. The molecule has 0 bridgehead atoms. The summed E-state index contributed by atoms with van der Waals surface area (Å²) < 4.78 is 0. The van der Waals surface area contributed by atoms with Gasteiger partial charge < -0.3 is 0 Å². The number of aromatic nitrogens is 1. The second kappa shape index (κ2) is 12.4. The first kappa shape index (κ1) is 33.4. The number of hydrogen-bond donors (Lipinski definition) is 0. The maximum absolute atomic E-state index is 5.07. The molecule has 0 unspecified atom stereocenters. The predicted octanol–water partition coefficient (Wildman–Crippen LogP) is 14.3. The van der Waals surface area contributed by atoms with Crippen LogP contribution in [0.25, 0.3) is 66.7 Å². The molecular formula is C59H37N. The van der Waals surface area contributed by atoms with Gasteiger partial charge in [-0.2, -0.15) is 0 Å². The van der Waals surface area contributed by atoms with Crippen molar-refractivity contribution in [2.75, 3.05) is 0 Å². The van der Waals surface area contributed by atoms with Crippen molar-refractivity contribution in [2.24, 2.45) is 0 Å². The zero-order valence-electron chi connectivity index (χ0n) is 32.8. The van der Waals surface area contributed by atoms with Crippen LogP contribution in [0.4, 0.5) is 0 Å².